The van der Waals surface area contributed by atoms with Crippen LogP contribution in [-0.4, -0.2) is 13.2 Å². The van der Waals surface area contributed by atoms with Crippen molar-refractivity contribution in [3.63, 3.8) is 0 Å². The van der Waals surface area contributed by atoms with Gasteiger partial charge in [0, 0.05) is 11.7 Å². The van der Waals surface area contributed by atoms with Crippen LogP contribution in [0.2, 0.25) is 0 Å². The van der Waals surface area contributed by atoms with Crippen molar-refractivity contribution in [1.29, 1.82) is 0 Å². The molecule has 1 fully saturated rings. The van der Waals surface area contributed by atoms with E-state index in [9.17, 15) is 0 Å². The Morgan fingerprint density at radius 2 is 1.88 bits per heavy atom. The van der Waals surface area contributed by atoms with E-state index in [-0.39, 0.29) is 0 Å². The minimum Gasteiger partial charge on any atom is -0.495 e. The van der Waals surface area contributed by atoms with Gasteiger partial charge in [-0.15, -0.1) is 0 Å². The number of hydrogen-bond donors (Lipinski definition) is 2. The second kappa shape index (κ2) is 5.80. The van der Waals surface area contributed by atoms with Crippen molar-refractivity contribution in [2.75, 3.05) is 18.2 Å². The molecule has 0 amide bonds. The Balaban J connectivity index is 2.07. The molecule has 94 valence electrons. The van der Waals surface area contributed by atoms with E-state index >= 15 is 0 Å². The molecule has 0 bridgehead atoms. The monoisotopic (exact) mass is 234 g/mol. The van der Waals surface area contributed by atoms with Crippen LogP contribution in [0.4, 0.5) is 11.4 Å². The third-order valence-corrected chi connectivity index (χ3v) is 3.44. The third-order valence-electron chi connectivity index (χ3n) is 3.44. The number of anilines is 2. The summed E-state index contributed by atoms with van der Waals surface area (Å²) in [4.78, 5) is 0. The number of nitrogen functional groups attached to an aromatic ring is 1. The van der Waals surface area contributed by atoms with Crippen molar-refractivity contribution in [2.45, 2.75) is 44.6 Å². The van der Waals surface area contributed by atoms with Crippen molar-refractivity contribution >= 4 is 11.4 Å². The summed E-state index contributed by atoms with van der Waals surface area (Å²) in [5, 5.41) is 3.58. The molecule has 1 aromatic rings. The number of rotatable bonds is 3. The van der Waals surface area contributed by atoms with Gasteiger partial charge in [0.2, 0.25) is 0 Å². The smallest absolute Gasteiger partial charge is 0.142 e. The van der Waals surface area contributed by atoms with Crippen LogP contribution in [-0.2, 0) is 0 Å². The Kier molecular flexibility index (Phi) is 4.13. The van der Waals surface area contributed by atoms with E-state index in [4.69, 9.17) is 10.5 Å². The molecular formula is C14H22N2O. The maximum Gasteiger partial charge on any atom is 0.142 e. The first-order chi connectivity index (χ1) is 8.29. The Bertz CT molecular complexity index is 357. The molecule has 0 aliphatic heterocycles. The molecule has 2 rings (SSSR count). The van der Waals surface area contributed by atoms with E-state index in [0.29, 0.717) is 6.04 Å². The zero-order valence-corrected chi connectivity index (χ0v) is 10.5. The first kappa shape index (κ1) is 12.1. The third kappa shape index (κ3) is 3.29. The highest BCUT2D eigenvalue weighted by Crippen LogP contribution is 2.29. The number of methoxy groups -OCH3 is 1. The minimum absolute atomic E-state index is 0.563. The standard InChI is InChI=1S/C14H22N2O/c1-17-14-9-8-11(15)10-13(14)16-12-6-4-2-3-5-7-12/h8-10,12,16H,2-7,15H2,1H3. The molecule has 0 heterocycles. The molecule has 0 spiro atoms. The number of nitrogens with one attached hydrogen (secondary N) is 1. The number of benzene rings is 1. The molecule has 0 aromatic heterocycles. The first-order valence-electron chi connectivity index (χ1n) is 6.49. The van der Waals surface area contributed by atoms with E-state index < -0.39 is 0 Å². The first-order valence-corrected chi connectivity index (χ1v) is 6.49. The van der Waals surface area contributed by atoms with Gasteiger partial charge in [-0.3, -0.25) is 0 Å². The van der Waals surface area contributed by atoms with Gasteiger partial charge in [-0.25, -0.2) is 0 Å². The molecule has 0 saturated heterocycles. The van der Waals surface area contributed by atoms with Gasteiger partial charge in [-0.05, 0) is 31.0 Å². The van der Waals surface area contributed by atoms with Gasteiger partial charge >= 0.3 is 0 Å². The van der Waals surface area contributed by atoms with Crippen LogP contribution in [0.1, 0.15) is 38.5 Å². The molecule has 17 heavy (non-hydrogen) atoms. The van der Waals surface area contributed by atoms with Crippen molar-refractivity contribution in [3.05, 3.63) is 18.2 Å². The summed E-state index contributed by atoms with van der Waals surface area (Å²) >= 11 is 0. The van der Waals surface area contributed by atoms with E-state index in [1.807, 2.05) is 18.2 Å². The molecule has 1 aliphatic carbocycles. The highest BCUT2D eigenvalue weighted by molar-refractivity contribution is 5.63. The van der Waals surface area contributed by atoms with Crippen LogP contribution in [0.3, 0.4) is 0 Å². The normalized spacial score (nSPS) is 17.5. The van der Waals surface area contributed by atoms with Crippen LogP contribution in [0.15, 0.2) is 18.2 Å². The summed E-state index contributed by atoms with van der Waals surface area (Å²) in [6.07, 6.45) is 7.87. The van der Waals surface area contributed by atoms with Gasteiger partial charge in [-0.1, -0.05) is 25.7 Å². The topological polar surface area (TPSA) is 47.3 Å². The van der Waals surface area contributed by atoms with E-state index in [0.717, 1.165) is 17.1 Å². The predicted octanol–water partition coefficient (Wildman–Crippen LogP) is 3.41. The van der Waals surface area contributed by atoms with Gasteiger partial charge in [0.15, 0.2) is 0 Å². The molecule has 0 unspecified atom stereocenters. The van der Waals surface area contributed by atoms with Crippen LogP contribution in [0, 0.1) is 0 Å². The summed E-state index contributed by atoms with van der Waals surface area (Å²) < 4.78 is 5.36. The van der Waals surface area contributed by atoms with Crippen LogP contribution in [0.25, 0.3) is 0 Å². The van der Waals surface area contributed by atoms with Crippen LogP contribution in [0.5, 0.6) is 5.75 Å². The Hall–Kier alpha value is -1.38. The fourth-order valence-corrected chi connectivity index (χ4v) is 2.48. The minimum atomic E-state index is 0.563. The molecule has 1 aliphatic rings. The molecule has 3 heteroatoms. The lowest BCUT2D eigenvalue weighted by Crippen LogP contribution is -2.18. The Labute approximate surface area is 103 Å². The second-order valence-electron chi connectivity index (χ2n) is 4.79. The highest BCUT2D eigenvalue weighted by Gasteiger charge is 2.13. The number of hydrogen-bond acceptors (Lipinski definition) is 3. The van der Waals surface area contributed by atoms with Crippen molar-refractivity contribution < 1.29 is 4.74 Å². The van der Waals surface area contributed by atoms with Crippen molar-refractivity contribution in [1.82, 2.24) is 0 Å². The lowest BCUT2D eigenvalue weighted by molar-refractivity contribution is 0.415. The van der Waals surface area contributed by atoms with E-state index in [1.165, 1.54) is 38.5 Å². The van der Waals surface area contributed by atoms with Crippen LogP contribution < -0.4 is 15.8 Å². The van der Waals surface area contributed by atoms with Crippen LogP contribution >= 0.6 is 0 Å². The summed E-state index contributed by atoms with van der Waals surface area (Å²) in [7, 11) is 1.70. The summed E-state index contributed by atoms with van der Waals surface area (Å²) in [6, 6.07) is 6.32. The lowest BCUT2D eigenvalue weighted by Gasteiger charge is -2.19. The fraction of sp³-hybridized carbons (Fsp3) is 0.571. The maximum absolute atomic E-state index is 5.82. The summed E-state index contributed by atoms with van der Waals surface area (Å²) in [6.45, 7) is 0. The second-order valence-corrected chi connectivity index (χ2v) is 4.79. The molecule has 3 N–H and O–H groups in total. The van der Waals surface area contributed by atoms with E-state index in [2.05, 4.69) is 5.32 Å². The fourth-order valence-electron chi connectivity index (χ4n) is 2.48. The van der Waals surface area contributed by atoms with Gasteiger partial charge < -0.3 is 15.8 Å². The quantitative estimate of drug-likeness (QED) is 0.622. The Morgan fingerprint density at radius 3 is 2.53 bits per heavy atom. The van der Waals surface area contributed by atoms with Crippen molar-refractivity contribution in [2.24, 2.45) is 0 Å². The van der Waals surface area contributed by atoms with Gasteiger partial charge in [-0.2, -0.15) is 0 Å². The summed E-state index contributed by atoms with van der Waals surface area (Å²) in [5.74, 6) is 0.878. The Morgan fingerprint density at radius 1 is 1.18 bits per heavy atom. The average Bonchev–Trinajstić information content (AvgIpc) is 2.58. The SMILES string of the molecule is COc1ccc(N)cc1NC1CCCCCC1. The zero-order chi connectivity index (χ0) is 12.1. The molecule has 1 saturated carbocycles. The van der Waals surface area contributed by atoms with E-state index in [1.54, 1.807) is 7.11 Å². The zero-order valence-electron chi connectivity index (χ0n) is 10.5. The molecule has 1 aromatic carbocycles. The van der Waals surface area contributed by atoms with Gasteiger partial charge in [0.25, 0.3) is 0 Å². The number of ether oxygens (including phenoxy) is 1. The maximum atomic E-state index is 5.82. The van der Waals surface area contributed by atoms with Crippen molar-refractivity contribution in [3.8, 4) is 5.75 Å². The lowest BCUT2D eigenvalue weighted by atomic mass is 10.1. The average molecular weight is 234 g/mol. The molecule has 0 atom stereocenters. The largest absolute Gasteiger partial charge is 0.495 e. The molecule has 3 nitrogen and oxygen atoms in total. The molecule has 0 radical (unpaired) electrons. The highest BCUT2D eigenvalue weighted by atomic mass is 16.5. The number of nitrogens with two attached hydrogens (primary N) is 1. The van der Waals surface area contributed by atoms with Gasteiger partial charge in [0.1, 0.15) is 5.75 Å². The predicted molar refractivity (Wildman–Crippen MR) is 72.5 cm³/mol. The summed E-state index contributed by atoms with van der Waals surface area (Å²) in [5.41, 5.74) is 7.63. The molecular weight excluding hydrogens is 212 g/mol. The van der Waals surface area contributed by atoms with Gasteiger partial charge in [0.05, 0.1) is 12.8 Å².